The molecule has 0 bridgehead atoms. The van der Waals surface area contributed by atoms with Gasteiger partial charge in [-0.2, -0.15) is 0 Å². The Labute approximate surface area is 108 Å². The van der Waals surface area contributed by atoms with Crippen LogP contribution in [-0.2, 0) is 0 Å². The smallest absolute Gasteiger partial charge is 0.123 e. The summed E-state index contributed by atoms with van der Waals surface area (Å²) >= 11 is 0. The van der Waals surface area contributed by atoms with Gasteiger partial charge in [-0.15, -0.1) is 0 Å². The van der Waals surface area contributed by atoms with E-state index in [1.165, 1.54) is 16.7 Å². The van der Waals surface area contributed by atoms with E-state index in [9.17, 15) is 0 Å². The fourth-order valence-corrected chi connectivity index (χ4v) is 2.03. The molecule has 0 N–H and O–H groups in total. The Balaban J connectivity index is 2.59. The molecule has 0 aliphatic carbocycles. The molecular formula is C16H18O2. The van der Waals surface area contributed by atoms with Crippen LogP contribution in [0.5, 0.6) is 11.5 Å². The monoisotopic (exact) mass is 242 g/mol. The van der Waals surface area contributed by atoms with E-state index in [1.807, 2.05) is 18.2 Å². The molecule has 0 saturated heterocycles. The number of ether oxygens (including phenoxy) is 2. The van der Waals surface area contributed by atoms with Crippen LogP contribution >= 0.6 is 0 Å². The van der Waals surface area contributed by atoms with E-state index in [-0.39, 0.29) is 0 Å². The summed E-state index contributed by atoms with van der Waals surface area (Å²) in [6, 6.07) is 12.3. The topological polar surface area (TPSA) is 18.5 Å². The zero-order valence-corrected chi connectivity index (χ0v) is 11.3. The first-order chi connectivity index (χ1) is 8.65. The summed E-state index contributed by atoms with van der Waals surface area (Å²) in [6.45, 7) is 4.26. The van der Waals surface area contributed by atoms with E-state index in [0.717, 1.165) is 17.1 Å². The highest BCUT2D eigenvalue weighted by molar-refractivity contribution is 5.71. The Hall–Kier alpha value is -1.96. The molecule has 0 aliphatic heterocycles. The molecule has 94 valence electrons. The molecule has 2 aromatic rings. The van der Waals surface area contributed by atoms with Gasteiger partial charge in [-0.1, -0.05) is 18.2 Å². The molecule has 0 aromatic heterocycles. The summed E-state index contributed by atoms with van der Waals surface area (Å²) in [5.41, 5.74) is 4.90. The third-order valence-corrected chi connectivity index (χ3v) is 3.27. The average Bonchev–Trinajstić information content (AvgIpc) is 2.41. The van der Waals surface area contributed by atoms with Crippen molar-refractivity contribution in [2.45, 2.75) is 13.8 Å². The molecule has 18 heavy (non-hydrogen) atoms. The number of methoxy groups -OCH3 is 2. The van der Waals surface area contributed by atoms with Gasteiger partial charge in [-0.25, -0.2) is 0 Å². The van der Waals surface area contributed by atoms with E-state index in [0.29, 0.717) is 0 Å². The first-order valence-electron chi connectivity index (χ1n) is 5.95. The number of hydrogen-bond donors (Lipinski definition) is 0. The van der Waals surface area contributed by atoms with Gasteiger partial charge in [0.1, 0.15) is 11.5 Å². The molecule has 0 saturated carbocycles. The maximum Gasteiger partial charge on any atom is 0.123 e. The fourth-order valence-electron chi connectivity index (χ4n) is 2.03. The highest BCUT2D eigenvalue weighted by atomic mass is 16.5. The molecule has 0 fully saturated rings. The van der Waals surface area contributed by atoms with Crippen molar-refractivity contribution in [1.82, 2.24) is 0 Å². The maximum absolute atomic E-state index is 5.31. The van der Waals surface area contributed by atoms with Crippen molar-refractivity contribution < 1.29 is 9.47 Å². The van der Waals surface area contributed by atoms with Crippen LogP contribution in [0.25, 0.3) is 11.1 Å². The second-order valence-electron chi connectivity index (χ2n) is 4.35. The van der Waals surface area contributed by atoms with Gasteiger partial charge in [0, 0.05) is 6.07 Å². The summed E-state index contributed by atoms with van der Waals surface area (Å²) in [6.07, 6.45) is 0. The molecule has 0 heterocycles. The largest absolute Gasteiger partial charge is 0.497 e. The van der Waals surface area contributed by atoms with E-state index in [4.69, 9.17) is 9.47 Å². The summed E-state index contributed by atoms with van der Waals surface area (Å²) in [5.74, 6) is 1.62. The van der Waals surface area contributed by atoms with E-state index in [1.54, 1.807) is 14.2 Å². The van der Waals surface area contributed by atoms with Crippen LogP contribution in [0.3, 0.4) is 0 Å². The van der Waals surface area contributed by atoms with Crippen molar-refractivity contribution in [3.8, 4) is 22.6 Å². The lowest BCUT2D eigenvalue weighted by Gasteiger charge is -2.12. The predicted molar refractivity (Wildman–Crippen MR) is 74.5 cm³/mol. The summed E-state index contributed by atoms with van der Waals surface area (Å²) in [4.78, 5) is 0. The van der Waals surface area contributed by atoms with Crippen molar-refractivity contribution in [2.75, 3.05) is 14.2 Å². The van der Waals surface area contributed by atoms with Crippen molar-refractivity contribution in [2.24, 2.45) is 0 Å². The zero-order valence-electron chi connectivity index (χ0n) is 11.3. The second kappa shape index (κ2) is 5.13. The molecule has 2 aromatic carbocycles. The minimum atomic E-state index is 0.810. The Bertz CT molecular complexity index is 537. The quantitative estimate of drug-likeness (QED) is 0.810. The molecule has 2 heteroatoms. The van der Waals surface area contributed by atoms with Gasteiger partial charge in [0.15, 0.2) is 0 Å². The van der Waals surface area contributed by atoms with Crippen LogP contribution in [0.15, 0.2) is 36.4 Å². The van der Waals surface area contributed by atoms with Gasteiger partial charge in [-0.3, -0.25) is 0 Å². The third kappa shape index (κ3) is 2.33. The van der Waals surface area contributed by atoms with Gasteiger partial charge in [0.2, 0.25) is 0 Å². The van der Waals surface area contributed by atoms with Gasteiger partial charge >= 0.3 is 0 Å². The molecule has 0 spiro atoms. The predicted octanol–water partition coefficient (Wildman–Crippen LogP) is 3.99. The van der Waals surface area contributed by atoms with Crippen LogP contribution in [0.2, 0.25) is 0 Å². The number of benzene rings is 2. The lowest BCUT2D eigenvalue weighted by Crippen LogP contribution is -1.91. The molecule has 0 amide bonds. The SMILES string of the molecule is COc1cc(OC)cc(-c2cccc(C)c2C)c1. The van der Waals surface area contributed by atoms with Crippen LogP contribution < -0.4 is 9.47 Å². The fraction of sp³-hybridized carbons (Fsp3) is 0.250. The molecule has 0 unspecified atom stereocenters. The van der Waals surface area contributed by atoms with Crippen molar-refractivity contribution in [3.05, 3.63) is 47.5 Å². The summed E-state index contributed by atoms with van der Waals surface area (Å²) < 4.78 is 10.6. The Morgan fingerprint density at radius 2 is 1.44 bits per heavy atom. The normalized spacial score (nSPS) is 10.2. The van der Waals surface area contributed by atoms with Crippen LogP contribution in [0.4, 0.5) is 0 Å². The van der Waals surface area contributed by atoms with Crippen molar-refractivity contribution in [3.63, 3.8) is 0 Å². The number of rotatable bonds is 3. The third-order valence-electron chi connectivity index (χ3n) is 3.27. The second-order valence-corrected chi connectivity index (χ2v) is 4.35. The van der Waals surface area contributed by atoms with Gasteiger partial charge < -0.3 is 9.47 Å². The van der Waals surface area contributed by atoms with E-state index in [2.05, 4.69) is 32.0 Å². The molecular weight excluding hydrogens is 224 g/mol. The van der Waals surface area contributed by atoms with Gasteiger partial charge in [0.05, 0.1) is 14.2 Å². The standard InChI is InChI=1S/C16H18O2/c1-11-6-5-7-16(12(11)2)13-8-14(17-3)10-15(9-13)18-4/h5-10H,1-4H3. The molecule has 0 atom stereocenters. The van der Waals surface area contributed by atoms with E-state index >= 15 is 0 Å². The molecule has 0 aliphatic rings. The van der Waals surface area contributed by atoms with E-state index < -0.39 is 0 Å². The van der Waals surface area contributed by atoms with Gasteiger partial charge in [0.25, 0.3) is 0 Å². The highest BCUT2D eigenvalue weighted by Crippen LogP contribution is 2.32. The van der Waals surface area contributed by atoms with Crippen molar-refractivity contribution >= 4 is 0 Å². The molecule has 0 radical (unpaired) electrons. The molecule has 2 nitrogen and oxygen atoms in total. The number of aryl methyl sites for hydroxylation is 1. The van der Waals surface area contributed by atoms with Crippen LogP contribution in [-0.4, -0.2) is 14.2 Å². The summed E-state index contributed by atoms with van der Waals surface area (Å²) in [5, 5.41) is 0. The maximum atomic E-state index is 5.31. The summed E-state index contributed by atoms with van der Waals surface area (Å²) in [7, 11) is 3.34. The first kappa shape index (κ1) is 12.5. The first-order valence-corrected chi connectivity index (χ1v) is 5.95. The lowest BCUT2D eigenvalue weighted by atomic mass is 9.97. The Kier molecular flexibility index (Phi) is 3.56. The van der Waals surface area contributed by atoms with Crippen LogP contribution in [0.1, 0.15) is 11.1 Å². The number of hydrogen-bond acceptors (Lipinski definition) is 2. The highest BCUT2D eigenvalue weighted by Gasteiger charge is 2.07. The average molecular weight is 242 g/mol. The van der Waals surface area contributed by atoms with Gasteiger partial charge in [-0.05, 0) is 48.2 Å². The Morgan fingerprint density at radius 3 is 2.00 bits per heavy atom. The Morgan fingerprint density at radius 1 is 0.833 bits per heavy atom. The lowest BCUT2D eigenvalue weighted by molar-refractivity contribution is 0.394. The van der Waals surface area contributed by atoms with Crippen molar-refractivity contribution in [1.29, 1.82) is 0 Å². The van der Waals surface area contributed by atoms with Crippen LogP contribution in [0, 0.1) is 13.8 Å². The molecule has 2 rings (SSSR count). The minimum absolute atomic E-state index is 0.810. The minimum Gasteiger partial charge on any atom is -0.497 e. The zero-order chi connectivity index (χ0) is 13.1.